The predicted octanol–water partition coefficient (Wildman–Crippen LogP) is 0.829. The van der Waals surface area contributed by atoms with Crippen LogP contribution in [0.25, 0.3) is 11.4 Å². The minimum Gasteiger partial charge on any atom is -0.378 e. The fourth-order valence-electron chi connectivity index (χ4n) is 2.14. The molecule has 106 valence electrons. The van der Waals surface area contributed by atoms with Gasteiger partial charge in [-0.15, -0.1) is 0 Å². The summed E-state index contributed by atoms with van der Waals surface area (Å²) in [5, 5.41) is 8.97. The molecule has 1 aromatic heterocycles. The molecule has 2 N–H and O–H groups in total. The van der Waals surface area contributed by atoms with Gasteiger partial charge in [0, 0.05) is 18.7 Å². The molecule has 7 nitrogen and oxygen atoms in total. The molecule has 0 unspecified atom stereocenters. The van der Waals surface area contributed by atoms with E-state index in [2.05, 4.69) is 21.0 Å². The molecular weight excluding hydrogens is 268 g/mol. The maximum Gasteiger partial charge on any atom is 0.230 e. The van der Waals surface area contributed by atoms with Crippen molar-refractivity contribution in [1.29, 1.82) is 5.26 Å². The van der Waals surface area contributed by atoms with Crippen molar-refractivity contribution in [2.45, 2.75) is 0 Å². The molecular formula is C14H14N6O. The van der Waals surface area contributed by atoms with Crippen molar-refractivity contribution in [2.24, 2.45) is 0 Å². The van der Waals surface area contributed by atoms with Gasteiger partial charge in [-0.3, -0.25) is 0 Å². The Labute approximate surface area is 122 Å². The second kappa shape index (κ2) is 5.73. The molecule has 0 aliphatic carbocycles. The van der Waals surface area contributed by atoms with E-state index in [1.807, 2.05) is 11.0 Å². The van der Waals surface area contributed by atoms with E-state index in [0.29, 0.717) is 30.5 Å². The predicted molar refractivity (Wildman–Crippen MR) is 77.4 cm³/mol. The van der Waals surface area contributed by atoms with E-state index in [9.17, 15) is 0 Å². The van der Waals surface area contributed by atoms with Gasteiger partial charge in [-0.2, -0.15) is 20.2 Å². The lowest BCUT2D eigenvalue weighted by Gasteiger charge is -2.26. The van der Waals surface area contributed by atoms with E-state index in [1.165, 1.54) is 0 Å². The fraction of sp³-hybridized carbons (Fsp3) is 0.286. The molecule has 1 saturated heterocycles. The average molecular weight is 282 g/mol. The molecule has 7 heteroatoms. The molecule has 1 aliphatic rings. The molecule has 0 radical (unpaired) electrons. The molecule has 0 bridgehead atoms. The Morgan fingerprint density at radius 2 is 2.00 bits per heavy atom. The zero-order valence-electron chi connectivity index (χ0n) is 11.4. The lowest BCUT2D eigenvalue weighted by molar-refractivity contribution is 0.122. The molecule has 0 atom stereocenters. The molecule has 2 heterocycles. The summed E-state index contributed by atoms with van der Waals surface area (Å²) in [6.45, 7) is 2.73. The van der Waals surface area contributed by atoms with Gasteiger partial charge in [-0.05, 0) is 12.1 Å². The van der Waals surface area contributed by atoms with Gasteiger partial charge in [0.05, 0.1) is 24.8 Å². The molecule has 0 amide bonds. The van der Waals surface area contributed by atoms with E-state index in [1.54, 1.807) is 18.2 Å². The van der Waals surface area contributed by atoms with E-state index < -0.39 is 0 Å². The first-order valence-electron chi connectivity index (χ1n) is 6.61. The number of benzene rings is 1. The van der Waals surface area contributed by atoms with Crippen LogP contribution in [0.4, 0.5) is 11.9 Å². The van der Waals surface area contributed by atoms with Crippen molar-refractivity contribution in [1.82, 2.24) is 15.0 Å². The van der Waals surface area contributed by atoms with Gasteiger partial charge in [0.2, 0.25) is 11.9 Å². The number of nitrogens with zero attached hydrogens (tertiary/aromatic N) is 5. The van der Waals surface area contributed by atoms with Crippen molar-refractivity contribution >= 4 is 11.9 Å². The monoisotopic (exact) mass is 282 g/mol. The summed E-state index contributed by atoms with van der Waals surface area (Å²) < 4.78 is 5.32. The van der Waals surface area contributed by atoms with E-state index in [4.69, 9.17) is 15.7 Å². The average Bonchev–Trinajstić information content (AvgIpc) is 2.55. The van der Waals surface area contributed by atoms with Crippen molar-refractivity contribution in [3.05, 3.63) is 29.8 Å². The highest BCUT2D eigenvalue weighted by atomic mass is 16.5. The second-order valence-electron chi connectivity index (χ2n) is 4.61. The molecule has 1 fully saturated rings. The molecule has 2 aromatic rings. The van der Waals surface area contributed by atoms with Crippen LogP contribution in [0, 0.1) is 11.3 Å². The number of nitrogen functional groups attached to an aromatic ring is 1. The van der Waals surface area contributed by atoms with Gasteiger partial charge in [-0.1, -0.05) is 12.1 Å². The third kappa shape index (κ3) is 2.90. The Balaban J connectivity index is 1.98. The Morgan fingerprint density at radius 1 is 1.19 bits per heavy atom. The van der Waals surface area contributed by atoms with Crippen LogP contribution in [0.2, 0.25) is 0 Å². The molecule has 0 spiro atoms. The highest BCUT2D eigenvalue weighted by Gasteiger charge is 2.16. The number of anilines is 2. The summed E-state index contributed by atoms with van der Waals surface area (Å²) in [7, 11) is 0. The topological polar surface area (TPSA) is 101 Å². The fourth-order valence-corrected chi connectivity index (χ4v) is 2.14. The summed E-state index contributed by atoms with van der Waals surface area (Å²) in [5.74, 6) is 1.19. The molecule has 21 heavy (non-hydrogen) atoms. The molecule has 1 aromatic carbocycles. The number of hydrogen-bond acceptors (Lipinski definition) is 7. The smallest absolute Gasteiger partial charge is 0.230 e. The number of morpholine rings is 1. The lowest BCUT2D eigenvalue weighted by Crippen LogP contribution is -2.37. The van der Waals surface area contributed by atoms with E-state index in [0.717, 1.165) is 18.7 Å². The van der Waals surface area contributed by atoms with Gasteiger partial charge in [0.1, 0.15) is 0 Å². The van der Waals surface area contributed by atoms with Gasteiger partial charge < -0.3 is 15.4 Å². The van der Waals surface area contributed by atoms with Crippen molar-refractivity contribution in [2.75, 3.05) is 36.9 Å². The van der Waals surface area contributed by atoms with Crippen LogP contribution in [0.3, 0.4) is 0 Å². The quantitative estimate of drug-likeness (QED) is 0.870. The van der Waals surface area contributed by atoms with Gasteiger partial charge in [0.15, 0.2) is 5.82 Å². The van der Waals surface area contributed by atoms with Crippen LogP contribution in [0.15, 0.2) is 24.3 Å². The van der Waals surface area contributed by atoms with Crippen LogP contribution in [-0.4, -0.2) is 41.3 Å². The van der Waals surface area contributed by atoms with Gasteiger partial charge in [0.25, 0.3) is 0 Å². The number of hydrogen-bond donors (Lipinski definition) is 1. The molecule has 3 rings (SSSR count). The number of aromatic nitrogens is 3. The van der Waals surface area contributed by atoms with Crippen molar-refractivity contribution < 1.29 is 4.74 Å². The summed E-state index contributed by atoms with van der Waals surface area (Å²) in [4.78, 5) is 14.8. The van der Waals surface area contributed by atoms with Crippen LogP contribution >= 0.6 is 0 Å². The Kier molecular flexibility index (Phi) is 3.62. The minimum atomic E-state index is 0.170. The van der Waals surface area contributed by atoms with Crippen LogP contribution in [0.1, 0.15) is 5.56 Å². The SMILES string of the molecule is N#Cc1cccc(-c2nc(N)nc(N3CCOCC3)n2)c1. The first-order chi connectivity index (χ1) is 10.3. The van der Waals surface area contributed by atoms with Crippen LogP contribution < -0.4 is 10.6 Å². The van der Waals surface area contributed by atoms with Crippen molar-refractivity contribution in [3.63, 3.8) is 0 Å². The maximum absolute atomic E-state index is 8.97. The summed E-state index contributed by atoms with van der Waals surface area (Å²) in [6, 6.07) is 9.21. The first kappa shape index (κ1) is 13.3. The summed E-state index contributed by atoms with van der Waals surface area (Å²) >= 11 is 0. The third-order valence-corrected chi connectivity index (χ3v) is 3.18. The summed E-state index contributed by atoms with van der Waals surface area (Å²) in [5.41, 5.74) is 7.09. The van der Waals surface area contributed by atoms with E-state index >= 15 is 0 Å². The Hall–Kier alpha value is -2.72. The Bertz CT molecular complexity index is 690. The highest BCUT2D eigenvalue weighted by molar-refractivity contribution is 5.60. The lowest BCUT2D eigenvalue weighted by atomic mass is 10.1. The molecule has 0 saturated carbocycles. The largest absolute Gasteiger partial charge is 0.378 e. The Morgan fingerprint density at radius 3 is 2.76 bits per heavy atom. The second-order valence-corrected chi connectivity index (χ2v) is 4.61. The minimum absolute atomic E-state index is 0.170. The zero-order valence-corrected chi connectivity index (χ0v) is 11.4. The summed E-state index contributed by atoms with van der Waals surface area (Å²) in [6.07, 6.45) is 0. The molecule has 1 aliphatic heterocycles. The number of ether oxygens (including phenoxy) is 1. The highest BCUT2D eigenvalue weighted by Crippen LogP contribution is 2.20. The number of rotatable bonds is 2. The number of nitrogens with two attached hydrogens (primary N) is 1. The first-order valence-corrected chi connectivity index (χ1v) is 6.61. The maximum atomic E-state index is 8.97. The van der Waals surface area contributed by atoms with Crippen molar-refractivity contribution in [3.8, 4) is 17.5 Å². The number of nitriles is 1. The zero-order chi connectivity index (χ0) is 14.7. The van der Waals surface area contributed by atoms with Gasteiger partial charge in [-0.25, -0.2) is 0 Å². The third-order valence-electron chi connectivity index (χ3n) is 3.18. The van der Waals surface area contributed by atoms with Crippen LogP contribution in [-0.2, 0) is 4.74 Å². The van der Waals surface area contributed by atoms with Crippen LogP contribution in [0.5, 0.6) is 0 Å². The van der Waals surface area contributed by atoms with E-state index in [-0.39, 0.29) is 5.95 Å². The standard InChI is InChI=1S/C14H14N6O/c15-9-10-2-1-3-11(8-10)12-17-13(16)19-14(18-12)20-4-6-21-7-5-20/h1-3,8H,4-7H2,(H2,16,17,18,19). The normalized spacial score (nSPS) is 14.7. The van der Waals surface area contributed by atoms with Gasteiger partial charge >= 0.3 is 0 Å².